The summed E-state index contributed by atoms with van der Waals surface area (Å²) in [5.74, 6) is -1.95. The van der Waals surface area contributed by atoms with Crippen molar-refractivity contribution in [2.24, 2.45) is 0 Å². The maximum Gasteiger partial charge on any atom is 0.420 e. The fraction of sp³-hybridized carbons (Fsp3) is 0.125. The molecular formula is C16H12F3N3O4. The number of aromatic nitrogens is 1. The number of carbonyl (C=O) groups is 1. The Balaban J connectivity index is 2.48. The average molecular weight is 367 g/mol. The predicted octanol–water partition coefficient (Wildman–Crippen LogP) is 4.23. The molecule has 1 heterocycles. The smallest absolute Gasteiger partial charge is 0.420 e. The summed E-state index contributed by atoms with van der Waals surface area (Å²) in [6, 6.07) is 3.88. The van der Waals surface area contributed by atoms with Crippen LogP contribution in [0.25, 0.3) is 0 Å². The summed E-state index contributed by atoms with van der Waals surface area (Å²) < 4.78 is 45.0. The number of ether oxygens (including phenoxy) is 1. The minimum Gasteiger partial charge on any atom is -0.433 e. The van der Waals surface area contributed by atoms with Crippen molar-refractivity contribution >= 4 is 17.3 Å². The first-order valence-electron chi connectivity index (χ1n) is 7.05. The number of nitrogens with one attached hydrogen (secondary N) is 1. The fourth-order valence-electron chi connectivity index (χ4n) is 1.97. The molecule has 0 unspecified atom stereocenters. The molecule has 1 amide bonds. The first-order chi connectivity index (χ1) is 12.1. The monoisotopic (exact) mass is 367 g/mol. The van der Waals surface area contributed by atoms with Crippen molar-refractivity contribution in [1.82, 2.24) is 4.98 Å². The van der Waals surface area contributed by atoms with Crippen molar-refractivity contribution in [2.45, 2.75) is 13.1 Å². The number of pyridine rings is 1. The highest BCUT2D eigenvalue weighted by Crippen LogP contribution is 2.40. The Kier molecular flexibility index (Phi) is 5.24. The Morgan fingerprint density at radius 1 is 1.38 bits per heavy atom. The molecule has 7 nitrogen and oxygen atoms in total. The zero-order valence-corrected chi connectivity index (χ0v) is 13.3. The number of amides is 1. The first kappa shape index (κ1) is 18.9. The fourth-order valence-corrected chi connectivity index (χ4v) is 1.97. The van der Waals surface area contributed by atoms with Crippen LogP contribution in [0, 0.1) is 17.0 Å². The van der Waals surface area contributed by atoms with Gasteiger partial charge in [-0.2, -0.15) is 13.2 Å². The third-order valence-corrected chi connectivity index (χ3v) is 3.11. The Morgan fingerprint density at radius 3 is 2.65 bits per heavy atom. The third kappa shape index (κ3) is 4.35. The van der Waals surface area contributed by atoms with E-state index in [1.54, 1.807) is 6.92 Å². The van der Waals surface area contributed by atoms with E-state index in [0.717, 1.165) is 24.3 Å². The molecule has 0 atom stereocenters. The number of nitrogens with zero attached hydrogens (tertiary/aromatic N) is 2. The van der Waals surface area contributed by atoms with E-state index in [1.807, 2.05) is 0 Å². The number of anilines is 1. The molecule has 0 spiro atoms. The van der Waals surface area contributed by atoms with Crippen molar-refractivity contribution in [3.8, 4) is 11.6 Å². The van der Waals surface area contributed by atoms with Crippen LogP contribution in [0.4, 0.5) is 24.5 Å². The minimum absolute atomic E-state index is 0.138. The van der Waals surface area contributed by atoms with Gasteiger partial charge in [-0.1, -0.05) is 6.58 Å². The van der Waals surface area contributed by atoms with E-state index in [2.05, 4.69) is 16.9 Å². The van der Waals surface area contributed by atoms with Crippen molar-refractivity contribution in [3.63, 3.8) is 0 Å². The molecule has 2 aromatic rings. The van der Waals surface area contributed by atoms with E-state index >= 15 is 0 Å². The molecule has 26 heavy (non-hydrogen) atoms. The molecule has 10 heteroatoms. The number of aryl methyl sites for hydroxylation is 1. The first-order valence-corrected chi connectivity index (χ1v) is 7.05. The Labute approximate surface area is 145 Å². The molecule has 0 radical (unpaired) electrons. The van der Waals surface area contributed by atoms with Crippen LogP contribution in [0.1, 0.15) is 11.1 Å². The summed E-state index contributed by atoms with van der Waals surface area (Å²) in [6.45, 7) is 4.75. The highest BCUT2D eigenvalue weighted by molar-refractivity contribution is 5.98. The lowest BCUT2D eigenvalue weighted by atomic mass is 10.1. The summed E-state index contributed by atoms with van der Waals surface area (Å²) in [4.78, 5) is 25.2. The van der Waals surface area contributed by atoms with Gasteiger partial charge in [0.1, 0.15) is 11.3 Å². The molecule has 0 bridgehead atoms. The van der Waals surface area contributed by atoms with Crippen molar-refractivity contribution < 1.29 is 27.6 Å². The van der Waals surface area contributed by atoms with E-state index in [-0.39, 0.29) is 5.69 Å². The normalized spacial score (nSPS) is 10.9. The largest absolute Gasteiger partial charge is 0.433 e. The molecule has 136 valence electrons. The van der Waals surface area contributed by atoms with Crippen LogP contribution in [-0.2, 0) is 11.0 Å². The lowest BCUT2D eigenvalue weighted by Crippen LogP contribution is -2.11. The molecule has 2 rings (SSSR count). The van der Waals surface area contributed by atoms with Gasteiger partial charge >= 0.3 is 11.9 Å². The molecule has 0 aliphatic rings. The molecule has 0 saturated carbocycles. The summed E-state index contributed by atoms with van der Waals surface area (Å²) in [5, 5.41) is 13.3. The van der Waals surface area contributed by atoms with Gasteiger partial charge in [-0.15, -0.1) is 0 Å². The van der Waals surface area contributed by atoms with Gasteiger partial charge in [0.05, 0.1) is 4.92 Å². The number of nitro groups is 1. The molecular weight excluding hydrogens is 355 g/mol. The Morgan fingerprint density at radius 2 is 2.08 bits per heavy atom. The van der Waals surface area contributed by atoms with E-state index in [9.17, 15) is 28.1 Å². The van der Waals surface area contributed by atoms with Crippen LogP contribution in [0.15, 0.2) is 43.1 Å². The van der Waals surface area contributed by atoms with Gasteiger partial charge in [0.15, 0.2) is 0 Å². The number of halogens is 3. The zero-order valence-electron chi connectivity index (χ0n) is 13.3. The van der Waals surface area contributed by atoms with Crippen molar-refractivity contribution in [1.29, 1.82) is 0 Å². The van der Waals surface area contributed by atoms with Crippen LogP contribution < -0.4 is 10.1 Å². The molecule has 1 aromatic carbocycles. The van der Waals surface area contributed by atoms with Gasteiger partial charge in [0, 0.05) is 18.0 Å². The third-order valence-electron chi connectivity index (χ3n) is 3.11. The molecule has 0 aliphatic carbocycles. The van der Waals surface area contributed by atoms with Gasteiger partial charge in [-0.05, 0) is 36.8 Å². The molecule has 1 aromatic heterocycles. The summed E-state index contributed by atoms with van der Waals surface area (Å²) in [7, 11) is 0. The number of benzene rings is 1. The lowest BCUT2D eigenvalue weighted by Gasteiger charge is -2.15. The van der Waals surface area contributed by atoms with Crippen LogP contribution in [-0.4, -0.2) is 15.8 Å². The highest BCUT2D eigenvalue weighted by atomic mass is 19.4. The maximum absolute atomic E-state index is 13.3. The summed E-state index contributed by atoms with van der Waals surface area (Å²) in [5.41, 5.74) is -1.48. The van der Waals surface area contributed by atoms with Crippen LogP contribution >= 0.6 is 0 Å². The van der Waals surface area contributed by atoms with Crippen LogP contribution in [0.5, 0.6) is 11.6 Å². The standard InChI is InChI=1S/C16H12F3N3O4/c1-3-14(23)21-10-4-5-13(11(7-10)16(17,18)19)26-15-12(22(24)25)6-9(2)8-20-15/h3-8H,1H2,2H3,(H,21,23). The quantitative estimate of drug-likeness (QED) is 0.485. The van der Waals surface area contributed by atoms with Gasteiger partial charge in [-0.25, -0.2) is 4.98 Å². The van der Waals surface area contributed by atoms with Crippen molar-refractivity contribution in [2.75, 3.05) is 5.32 Å². The minimum atomic E-state index is -4.83. The lowest BCUT2D eigenvalue weighted by molar-refractivity contribution is -0.386. The Bertz CT molecular complexity index is 882. The number of alkyl halides is 3. The van der Waals surface area contributed by atoms with E-state index in [1.165, 1.54) is 6.20 Å². The van der Waals surface area contributed by atoms with Gasteiger partial charge in [-0.3, -0.25) is 14.9 Å². The van der Waals surface area contributed by atoms with E-state index in [0.29, 0.717) is 11.6 Å². The van der Waals surface area contributed by atoms with Gasteiger partial charge in [0.25, 0.3) is 5.88 Å². The van der Waals surface area contributed by atoms with E-state index < -0.39 is 39.9 Å². The molecule has 1 N–H and O–H groups in total. The molecule has 0 saturated heterocycles. The number of carbonyl (C=O) groups excluding carboxylic acids is 1. The van der Waals surface area contributed by atoms with Crippen LogP contribution in [0.3, 0.4) is 0 Å². The number of hydrogen-bond donors (Lipinski definition) is 1. The maximum atomic E-state index is 13.3. The van der Waals surface area contributed by atoms with Crippen molar-refractivity contribution in [3.05, 3.63) is 64.4 Å². The Hall–Kier alpha value is -3.43. The van der Waals surface area contributed by atoms with Gasteiger partial charge < -0.3 is 10.1 Å². The van der Waals surface area contributed by atoms with E-state index in [4.69, 9.17) is 4.74 Å². The number of rotatable bonds is 5. The summed E-state index contributed by atoms with van der Waals surface area (Å²) in [6.07, 6.45) is -2.70. The second-order valence-electron chi connectivity index (χ2n) is 5.10. The second-order valence-corrected chi connectivity index (χ2v) is 5.10. The molecule has 0 fully saturated rings. The number of hydrogen-bond acceptors (Lipinski definition) is 5. The average Bonchev–Trinajstić information content (AvgIpc) is 2.56. The predicted molar refractivity (Wildman–Crippen MR) is 86.0 cm³/mol. The van der Waals surface area contributed by atoms with Gasteiger partial charge in [0.2, 0.25) is 5.91 Å². The highest BCUT2D eigenvalue weighted by Gasteiger charge is 2.35. The second kappa shape index (κ2) is 7.21. The topological polar surface area (TPSA) is 94.4 Å². The van der Waals surface area contributed by atoms with Crippen LogP contribution in [0.2, 0.25) is 0 Å². The zero-order chi connectivity index (χ0) is 19.5. The molecule has 0 aliphatic heterocycles. The summed E-state index contributed by atoms with van der Waals surface area (Å²) >= 11 is 0. The SMILES string of the molecule is C=CC(=O)Nc1ccc(Oc2ncc(C)cc2[N+](=O)[O-])c(C(F)(F)F)c1.